The zero-order chi connectivity index (χ0) is 13.3. The first-order valence-electron chi connectivity index (χ1n) is 4.93. The van der Waals surface area contributed by atoms with Gasteiger partial charge in [-0.2, -0.15) is 13.2 Å². The van der Waals surface area contributed by atoms with Gasteiger partial charge in [0.2, 0.25) is 0 Å². The molecule has 1 nitrogen and oxygen atoms in total. The zero-order valence-electron chi connectivity index (χ0n) is 9.06. The number of nitrogens with two attached hydrogens (primary N) is 1. The van der Waals surface area contributed by atoms with Gasteiger partial charge < -0.3 is 5.73 Å². The SMILES string of the molecule is CC(c1ccc(C(F)(F)F)cc1)C(F)(F)CN. The van der Waals surface area contributed by atoms with E-state index in [1.54, 1.807) is 0 Å². The van der Waals surface area contributed by atoms with Crippen molar-refractivity contribution in [3.05, 3.63) is 35.4 Å². The van der Waals surface area contributed by atoms with Crippen molar-refractivity contribution < 1.29 is 22.0 Å². The van der Waals surface area contributed by atoms with Gasteiger partial charge in [-0.25, -0.2) is 8.78 Å². The Hall–Kier alpha value is -1.17. The van der Waals surface area contributed by atoms with Crippen LogP contribution in [0.25, 0.3) is 0 Å². The summed E-state index contributed by atoms with van der Waals surface area (Å²) in [6.07, 6.45) is -4.46. The molecule has 2 N–H and O–H groups in total. The quantitative estimate of drug-likeness (QED) is 0.821. The van der Waals surface area contributed by atoms with Gasteiger partial charge in [-0.05, 0) is 17.7 Å². The lowest BCUT2D eigenvalue weighted by Crippen LogP contribution is -2.33. The number of hydrogen-bond donors (Lipinski definition) is 1. The van der Waals surface area contributed by atoms with Gasteiger partial charge in [-0.1, -0.05) is 19.1 Å². The van der Waals surface area contributed by atoms with E-state index in [4.69, 9.17) is 5.73 Å². The number of benzene rings is 1. The summed E-state index contributed by atoms with van der Waals surface area (Å²) >= 11 is 0. The van der Waals surface area contributed by atoms with Crippen LogP contribution in [0.2, 0.25) is 0 Å². The van der Waals surface area contributed by atoms with Crippen LogP contribution in [0.3, 0.4) is 0 Å². The van der Waals surface area contributed by atoms with Crippen molar-refractivity contribution in [3.63, 3.8) is 0 Å². The molecule has 0 saturated heterocycles. The smallest absolute Gasteiger partial charge is 0.325 e. The Bertz CT molecular complexity index is 368. The van der Waals surface area contributed by atoms with Gasteiger partial charge >= 0.3 is 6.18 Å². The van der Waals surface area contributed by atoms with Gasteiger partial charge in [0.25, 0.3) is 5.92 Å². The maximum Gasteiger partial charge on any atom is 0.416 e. The van der Waals surface area contributed by atoms with Crippen LogP contribution in [0.15, 0.2) is 24.3 Å². The predicted molar refractivity (Wildman–Crippen MR) is 53.9 cm³/mol. The molecule has 0 aliphatic heterocycles. The average Bonchev–Trinajstić information content (AvgIpc) is 2.27. The number of hydrogen-bond acceptors (Lipinski definition) is 1. The fraction of sp³-hybridized carbons (Fsp3) is 0.455. The van der Waals surface area contributed by atoms with Crippen LogP contribution in [0.5, 0.6) is 0 Å². The summed E-state index contributed by atoms with van der Waals surface area (Å²) in [6.45, 7) is 0.393. The average molecular weight is 253 g/mol. The van der Waals surface area contributed by atoms with Crippen LogP contribution in [-0.4, -0.2) is 12.5 Å². The van der Waals surface area contributed by atoms with Crippen LogP contribution in [0.1, 0.15) is 24.0 Å². The highest BCUT2D eigenvalue weighted by atomic mass is 19.4. The summed E-state index contributed by atoms with van der Waals surface area (Å²) < 4.78 is 63.2. The maximum atomic E-state index is 13.2. The molecule has 1 unspecified atom stereocenters. The fourth-order valence-electron chi connectivity index (χ4n) is 1.38. The molecular weight excluding hydrogens is 241 g/mol. The summed E-state index contributed by atoms with van der Waals surface area (Å²) in [5.74, 6) is -4.34. The summed E-state index contributed by atoms with van der Waals surface area (Å²) in [5, 5.41) is 0. The molecule has 0 aromatic heterocycles. The lowest BCUT2D eigenvalue weighted by Gasteiger charge is -2.22. The minimum atomic E-state index is -4.46. The zero-order valence-corrected chi connectivity index (χ0v) is 9.06. The van der Waals surface area contributed by atoms with E-state index >= 15 is 0 Å². The van der Waals surface area contributed by atoms with Crippen molar-refractivity contribution in [1.29, 1.82) is 0 Å². The highest BCUT2D eigenvalue weighted by Crippen LogP contribution is 2.34. The van der Waals surface area contributed by atoms with E-state index in [0.29, 0.717) is 0 Å². The van der Waals surface area contributed by atoms with Gasteiger partial charge in [0.05, 0.1) is 12.1 Å². The molecule has 0 amide bonds. The summed E-state index contributed by atoms with van der Waals surface area (Å²) in [7, 11) is 0. The molecule has 0 spiro atoms. The molecule has 6 heteroatoms. The Morgan fingerprint density at radius 3 is 1.88 bits per heavy atom. The molecule has 0 aliphatic rings. The lowest BCUT2D eigenvalue weighted by molar-refractivity contribution is -0.137. The van der Waals surface area contributed by atoms with E-state index in [1.807, 2.05) is 0 Å². The highest BCUT2D eigenvalue weighted by Gasteiger charge is 2.36. The first-order chi connectivity index (χ1) is 7.68. The van der Waals surface area contributed by atoms with Crippen molar-refractivity contribution in [3.8, 4) is 0 Å². The van der Waals surface area contributed by atoms with Gasteiger partial charge in [0, 0.05) is 5.92 Å². The van der Waals surface area contributed by atoms with Crippen molar-refractivity contribution in [2.24, 2.45) is 5.73 Å². The molecule has 0 aliphatic carbocycles. The number of halogens is 5. The Balaban J connectivity index is 2.96. The monoisotopic (exact) mass is 253 g/mol. The van der Waals surface area contributed by atoms with E-state index in [9.17, 15) is 22.0 Å². The van der Waals surface area contributed by atoms with Crippen LogP contribution < -0.4 is 5.73 Å². The van der Waals surface area contributed by atoms with E-state index in [0.717, 1.165) is 24.3 Å². The molecule has 1 rings (SSSR count). The van der Waals surface area contributed by atoms with Crippen molar-refractivity contribution in [2.75, 3.05) is 6.54 Å². The molecule has 0 bridgehead atoms. The van der Waals surface area contributed by atoms with Gasteiger partial charge in [-0.15, -0.1) is 0 Å². The van der Waals surface area contributed by atoms with E-state index in [-0.39, 0.29) is 5.56 Å². The molecule has 1 aromatic rings. The van der Waals surface area contributed by atoms with Crippen LogP contribution in [0.4, 0.5) is 22.0 Å². The second-order valence-electron chi connectivity index (χ2n) is 3.81. The third-order valence-corrected chi connectivity index (χ3v) is 2.64. The molecule has 0 saturated carbocycles. The molecule has 0 heterocycles. The molecular formula is C11H12F5N. The van der Waals surface area contributed by atoms with E-state index in [1.165, 1.54) is 6.92 Å². The molecule has 1 atom stereocenters. The number of alkyl halides is 5. The third-order valence-electron chi connectivity index (χ3n) is 2.64. The summed E-state index contributed by atoms with van der Waals surface area (Å²) in [6, 6.07) is 3.69. The van der Waals surface area contributed by atoms with Crippen LogP contribution in [0, 0.1) is 0 Å². The predicted octanol–water partition coefficient (Wildman–Crippen LogP) is 3.40. The topological polar surface area (TPSA) is 26.0 Å². The van der Waals surface area contributed by atoms with Crippen molar-refractivity contribution >= 4 is 0 Å². The van der Waals surface area contributed by atoms with Gasteiger partial charge in [-0.3, -0.25) is 0 Å². The normalized spacial score (nSPS) is 14.8. The second kappa shape index (κ2) is 4.60. The number of rotatable bonds is 3. The molecule has 1 aromatic carbocycles. The Morgan fingerprint density at radius 2 is 1.53 bits per heavy atom. The van der Waals surface area contributed by atoms with Crippen molar-refractivity contribution in [1.82, 2.24) is 0 Å². The summed E-state index contributed by atoms with van der Waals surface area (Å²) in [5.41, 5.74) is 4.19. The Kier molecular flexibility index (Phi) is 3.76. The largest absolute Gasteiger partial charge is 0.416 e. The van der Waals surface area contributed by atoms with Crippen LogP contribution >= 0.6 is 0 Å². The fourth-order valence-corrected chi connectivity index (χ4v) is 1.38. The second-order valence-corrected chi connectivity index (χ2v) is 3.81. The Labute approximate surface area is 95.4 Å². The third kappa shape index (κ3) is 3.15. The van der Waals surface area contributed by atoms with Gasteiger partial charge in [0.15, 0.2) is 0 Å². The maximum absolute atomic E-state index is 13.2. The highest BCUT2D eigenvalue weighted by molar-refractivity contribution is 5.28. The van der Waals surface area contributed by atoms with Crippen LogP contribution in [-0.2, 0) is 6.18 Å². The summed E-state index contributed by atoms with van der Waals surface area (Å²) in [4.78, 5) is 0. The van der Waals surface area contributed by atoms with E-state index < -0.39 is 30.1 Å². The van der Waals surface area contributed by atoms with Gasteiger partial charge in [0.1, 0.15) is 0 Å². The standard InChI is InChI=1S/C11H12F5N/c1-7(10(12,13)6-17)8-2-4-9(5-3-8)11(14,15)16/h2-5,7H,6,17H2,1H3. The lowest BCUT2D eigenvalue weighted by atomic mass is 9.93. The molecule has 0 fully saturated rings. The minimum Gasteiger partial charge on any atom is -0.325 e. The molecule has 96 valence electrons. The first-order valence-corrected chi connectivity index (χ1v) is 4.93. The van der Waals surface area contributed by atoms with Crippen molar-refractivity contribution in [2.45, 2.75) is 24.9 Å². The minimum absolute atomic E-state index is 0.133. The van der Waals surface area contributed by atoms with E-state index in [2.05, 4.69) is 0 Å². The first kappa shape index (κ1) is 13.9. The molecule has 17 heavy (non-hydrogen) atoms. The Morgan fingerprint density at radius 1 is 1.06 bits per heavy atom. The molecule has 0 radical (unpaired) electrons.